The van der Waals surface area contributed by atoms with Gasteiger partial charge in [-0.25, -0.2) is 4.39 Å². The number of hydrogen-bond donors (Lipinski definition) is 1. The Morgan fingerprint density at radius 1 is 1.24 bits per heavy atom. The minimum atomic E-state index is -0.469. The standard InChI is InChI=1S/C16H11FINO2/c1-9-12-6-3-7-13(17)15(12)21-14(9)16(20)19-11-5-2-4-10(18)8-11/h2-8H,1H3,(H,19,20). The van der Waals surface area contributed by atoms with Crippen molar-refractivity contribution in [2.75, 3.05) is 5.32 Å². The molecule has 0 aliphatic heterocycles. The summed E-state index contributed by atoms with van der Waals surface area (Å²) in [5.74, 6) is -0.719. The molecular formula is C16H11FINO2. The van der Waals surface area contributed by atoms with Crippen LogP contribution in [0.2, 0.25) is 0 Å². The molecule has 2 aromatic carbocycles. The number of amides is 1. The van der Waals surface area contributed by atoms with Gasteiger partial charge in [0, 0.05) is 20.2 Å². The predicted octanol–water partition coefficient (Wildman–Crippen LogP) is 4.74. The van der Waals surface area contributed by atoms with Crippen LogP contribution >= 0.6 is 22.6 Å². The zero-order chi connectivity index (χ0) is 15.0. The first kappa shape index (κ1) is 14.1. The molecule has 0 fully saturated rings. The molecule has 0 bridgehead atoms. The number of aryl methyl sites for hydroxylation is 1. The van der Waals surface area contributed by atoms with Gasteiger partial charge in [0.25, 0.3) is 5.91 Å². The lowest BCUT2D eigenvalue weighted by Crippen LogP contribution is -2.12. The summed E-state index contributed by atoms with van der Waals surface area (Å²) in [6.07, 6.45) is 0. The van der Waals surface area contributed by atoms with E-state index in [1.165, 1.54) is 6.07 Å². The summed E-state index contributed by atoms with van der Waals surface area (Å²) in [5, 5.41) is 3.37. The number of benzene rings is 2. The van der Waals surface area contributed by atoms with Crippen molar-refractivity contribution in [3.63, 3.8) is 0 Å². The minimum absolute atomic E-state index is 0.114. The van der Waals surface area contributed by atoms with Gasteiger partial charge < -0.3 is 9.73 Å². The third-order valence-corrected chi connectivity index (χ3v) is 3.88. The highest BCUT2D eigenvalue weighted by atomic mass is 127. The van der Waals surface area contributed by atoms with Crippen molar-refractivity contribution in [1.29, 1.82) is 0 Å². The first-order valence-electron chi connectivity index (χ1n) is 6.31. The van der Waals surface area contributed by atoms with Gasteiger partial charge in [0.15, 0.2) is 17.2 Å². The fraction of sp³-hybridized carbons (Fsp3) is 0.0625. The second-order valence-electron chi connectivity index (χ2n) is 4.64. The molecule has 0 aliphatic carbocycles. The fourth-order valence-electron chi connectivity index (χ4n) is 2.18. The smallest absolute Gasteiger partial charge is 0.291 e. The zero-order valence-corrected chi connectivity index (χ0v) is 13.3. The van der Waals surface area contributed by atoms with Gasteiger partial charge in [-0.1, -0.05) is 18.2 Å². The largest absolute Gasteiger partial charge is 0.448 e. The Kier molecular flexibility index (Phi) is 3.67. The van der Waals surface area contributed by atoms with Gasteiger partial charge in [-0.05, 0) is 53.8 Å². The summed E-state index contributed by atoms with van der Waals surface area (Å²) in [7, 11) is 0. The molecule has 0 atom stereocenters. The number of fused-ring (bicyclic) bond motifs is 1. The molecule has 3 rings (SSSR count). The van der Waals surface area contributed by atoms with E-state index in [1.807, 2.05) is 18.2 Å². The van der Waals surface area contributed by atoms with E-state index in [9.17, 15) is 9.18 Å². The molecule has 5 heteroatoms. The van der Waals surface area contributed by atoms with Gasteiger partial charge in [-0.2, -0.15) is 0 Å². The first-order valence-corrected chi connectivity index (χ1v) is 7.38. The second-order valence-corrected chi connectivity index (χ2v) is 5.88. The van der Waals surface area contributed by atoms with E-state index in [0.717, 1.165) is 3.57 Å². The topological polar surface area (TPSA) is 42.2 Å². The second kappa shape index (κ2) is 5.48. The maximum Gasteiger partial charge on any atom is 0.291 e. The summed E-state index contributed by atoms with van der Waals surface area (Å²) in [4.78, 5) is 12.3. The molecule has 3 nitrogen and oxygen atoms in total. The van der Waals surface area contributed by atoms with E-state index in [1.54, 1.807) is 25.1 Å². The third kappa shape index (κ3) is 2.65. The lowest BCUT2D eigenvalue weighted by molar-refractivity contribution is 0.0997. The van der Waals surface area contributed by atoms with E-state index < -0.39 is 5.82 Å². The number of para-hydroxylation sites is 1. The molecule has 106 valence electrons. The molecule has 0 radical (unpaired) electrons. The normalized spacial score (nSPS) is 10.8. The monoisotopic (exact) mass is 395 g/mol. The lowest BCUT2D eigenvalue weighted by Gasteiger charge is -2.04. The molecule has 0 aliphatic rings. The van der Waals surface area contributed by atoms with Crippen LogP contribution in [0.15, 0.2) is 46.9 Å². The van der Waals surface area contributed by atoms with E-state index in [2.05, 4.69) is 27.9 Å². The number of halogens is 2. The quantitative estimate of drug-likeness (QED) is 0.638. The Labute approximate surface area is 134 Å². The van der Waals surface area contributed by atoms with E-state index in [4.69, 9.17) is 4.42 Å². The molecular weight excluding hydrogens is 384 g/mol. The lowest BCUT2D eigenvalue weighted by atomic mass is 10.1. The average molecular weight is 395 g/mol. The number of hydrogen-bond acceptors (Lipinski definition) is 2. The maximum absolute atomic E-state index is 13.7. The Balaban J connectivity index is 1.98. The maximum atomic E-state index is 13.7. The van der Waals surface area contributed by atoms with Gasteiger partial charge >= 0.3 is 0 Å². The van der Waals surface area contributed by atoms with Crippen LogP contribution in [-0.2, 0) is 0 Å². The van der Waals surface area contributed by atoms with Gasteiger partial charge in [0.2, 0.25) is 0 Å². The number of carbonyl (C=O) groups excluding carboxylic acids is 1. The van der Waals surface area contributed by atoms with Crippen molar-refractivity contribution in [1.82, 2.24) is 0 Å². The van der Waals surface area contributed by atoms with E-state index >= 15 is 0 Å². The highest BCUT2D eigenvalue weighted by molar-refractivity contribution is 14.1. The van der Waals surface area contributed by atoms with Crippen molar-refractivity contribution in [3.8, 4) is 0 Å². The summed E-state index contributed by atoms with van der Waals surface area (Å²) < 4.78 is 20.1. The Bertz CT molecular complexity index is 841. The van der Waals surface area contributed by atoms with Crippen LogP contribution < -0.4 is 5.32 Å². The number of nitrogens with one attached hydrogen (secondary N) is 1. The summed E-state index contributed by atoms with van der Waals surface area (Å²) in [6, 6.07) is 12.1. The Hall–Kier alpha value is -1.89. The summed E-state index contributed by atoms with van der Waals surface area (Å²) in [5.41, 5.74) is 1.42. The summed E-state index contributed by atoms with van der Waals surface area (Å²) in [6.45, 7) is 1.74. The molecule has 1 aromatic heterocycles. The van der Waals surface area contributed by atoms with E-state index in [0.29, 0.717) is 16.6 Å². The molecule has 3 aromatic rings. The molecule has 0 spiro atoms. The van der Waals surface area contributed by atoms with Crippen molar-refractivity contribution in [3.05, 3.63) is 63.2 Å². The number of rotatable bonds is 2. The SMILES string of the molecule is Cc1c(C(=O)Nc2cccc(I)c2)oc2c(F)cccc12. The van der Waals surface area contributed by atoms with Crippen molar-refractivity contribution < 1.29 is 13.6 Å². The van der Waals surface area contributed by atoms with Crippen LogP contribution in [0.3, 0.4) is 0 Å². The minimum Gasteiger partial charge on any atom is -0.448 e. The van der Waals surface area contributed by atoms with E-state index in [-0.39, 0.29) is 17.3 Å². The van der Waals surface area contributed by atoms with Gasteiger partial charge in [-0.15, -0.1) is 0 Å². The average Bonchev–Trinajstić information content (AvgIpc) is 2.78. The van der Waals surface area contributed by atoms with Gasteiger partial charge in [0.05, 0.1) is 0 Å². The number of carbonyl (C=O) groups is 1. The molecule has 1 amide bonds. The van der Waals surface area contributed by atoms with Crippen LogP contribution in [0.1, 0.15) is 16.1 Å². The molecule has 0 unspecified atom stereocenters. The zero-order valence-electron chi connectivity index (χ0n) is 11.1. The first-order chi connectivity index (χ1) is 10.1. The fourth-order valence-corrected chi connectivity index (χ4v) is 2.72. The van der Waals surface area contributed by atoms with Gasteiger partial charge in [-0.3, -0.25) is 4.79 Å². The van der Waals surface area contributed by atoms with Crippen LogP contribution in [0.5, 0.6) is 0 Å². The molecule has 0 saturated carbocycles. The number of anilines is 1. The van der Waals surface area contributed by atoms with Crippen molar-refractivity contribution in [2.24, 2.45) is 0 Å². The van der Waals surface area contributed by atoms with Crippen LogP contribution in [-0.4, -0.2) is 5.91 Å². The van der Waals surface area contributed by atoms with Crippen molar-refractivity contribution >= 4 is 45.2 Å². The Morgan fingerprint density at radius 3 is 2.71 bits per heavy atom. The molecule has 21 heavy (non-hydrogen) atoms. The highest BCUT2D eigenvalue weighted by Crippen LogP contribution is 2.27. The van der Waals surface area contributed by atoms with Crippen LogP contribution in [0.4, 0.5) is 10.1 Å². The van der Waals surface area contributed by atoms with Crippen LogP contribution in [0.25, 0.3) is 11.0 Å². The Morgan fingerprint density at radius 2 is 2.00 bits per heavy atom. The molecule has 1 heterocycles. The third-order valence-electron chi connectivity index (χ3n) is 3.20. The van der Waals surface area contributed by atoms with Crippen LogP contribution in [0, 0.1) is 16.3 Å². The molecule has 0 saturated heterocycles. The van der Waals surface area contributed by atoms with Crippen molar-refractivity contribution in [2.45, 2.75) is 6.92 Å². The summed E-state index contributed by atoms with van der Waals surface area (Å²) >= 11 is 2.17. The molecule has 1 N–H and O–H groups in total. The predicted molar refractivity (Wildman–Crippen MR) is 88.0 cm³/mol. The van der Waals surface area contributed by atoms with Gasteiger partial charge in [0.1, 0.15) is 0 Å². The number of furan rings is 1. The highest BCUT2D eigenvalue weighted by Gasteiger charge is 2.19.